The summed E-state index contributed by atoms with van der Waals surface area (Å²) in [5, 5.41) is 29.5. The van der Waals surface area contributed by atoms with Gasteiger partial charge in [-0.25, -0.2) is 0 Å². The summed E-state index contributed by atoms with van der Waals surface area (Å²) in [6, 6.07) is 12.3. The largest absolute Gasteiger partial charge is 0.346 e. The number of rotatable bonds is 3. The lowest BCUT2D eigenvalue weighted by atomic mass is 10.1. The Balaban J connectivity index is 2.35. The molecule has 6 heteroatoms. The minimum atomic E-state index is -0.508. The molecule has 0 unspecified atom stereocenters. The molecule has 1 N–H and O–H groups in total. The van der Waals surface area contributed by atoms with Crippen LogP contribution >= 0.6 is 0 Å². The first-order valence-corrected chi connectivity index (χ1v) is 5.84. The van der Waals surface area contributed by atoms with E-state index in [4.69, 9.17) is 25.3 Å². The maximum absolute atomic E-state index is 9.04. The summed E-state index contributed by atoms with van der Waals surface area (Å²) in [6.07, 6.45) is -0.508. The van der Waals surface area contributed by atoms with Crippen LogP contribution in [-0.4, -0.2) is 13.2 Å². The molecule has 1 aliphatic rings. The van der Waals surface area contributed by atoms with E-state index in [1.165, 1.54) is 0 Å². The van der Waals surface area contributed by atoms with Crippen molar-refractivity contribution in [3.63, 3.8) is 0 Å². The van der Waals surface area contributed by atoms with E-state index in [1.54, 1.807) is 30.3 Å². The lowest BCUT2D eigenvalue weighted by Gasteiger charge is -2.15. The summed E-state index contributed by atoms with van der Waals surface area (Å²) < 4.78 is 10.8. The number of nitriles is 3. The fraction of sp³-hybridized carbons (Fsp3) is 0.214. The molecule has 1 heterocycles. The zero-order valence-electron chi connectivity index (χ0n) is 10.5. The maximum Gasteiger partial charge on any atom is 0.186 e. The number of nitrogens with one attached hydrogen (secondary N) is 1. The molecule has 1 aromatic carbocycles. The Bertz CT molecular complexity index is 639. The van der Waals surface area contributed by atoms with Gasteiger partial charge in [-0.05, 0) is 6.07 Å². The van der Waals surface area contributed by atoms with Crippen LogP contribution in [0, 0.1) is 34.0 Å². The first-order chi connectivity index (χ1) is 9.80. The van der Waals surface area contributed by atoms with Crippen molar-refractivity contribution >= 4 is 5.69 Å². The van der Waals surface area contributed by atoms with E-state index in [0.717, 1.165) is 0 Å². The quantitative estimate of drug-likeness (QED) is 0.839. The highest BCUT2D eigenvalue weighted by Gasteiger charge is 2.21. The van der Waals surface area contributed by atoms with Gasteiger partial charge in [-0.1, -0.05) is 18.2 Å². The van der Waals surface area contributed by atoms with Crippen LogP contribution in [-0.2, 0) is 9.47 Å². The molecule has 1 aromatic rings. The van der Waals surface area contributed by atoms with Crippen LogP contribution in [0.4, 0.5) is 5.69 Å². The summed E-state index contributed by atoms with van der Waals surface area (Å²) in [5.41, 5.74) is 0.919. The Morgan fingerprint density at radius 1 is 1.05 bits per heavy atom. The van der Waals surface area contributed by atoms with Crippen molar-refractivity contribution in [2.75, 3.05) is 18.5 Å². The SMILES string of the molecule is N#CC(C#N)=C(C#N)Nc1ccccc1C1OCCO1. The van der Waals surface area contributed by atoms with Crippen LogP contribution in [0.5, 0.6) is 0 Å². The molecule has 0 radical (unpaired) electrons. The van der Waals surface area contributed by atoms with Crippen LogP contribution < -0.4 is 5.32 Å². The molecule has 20 heavy (non-hydrogen) atoms. The number of anilines is 1. The Morgan fingerprint density at radius 3 is 2.30 bits per heavy atom. The van der Waals surface area contributed by atoms with Crippen molar-refractivity contribution in [3.8, 4) is 18.2 Å². The Morgan fingerprint density at radius 2 is 1.70 bits per heavy atom. The van der Waals surface area contributed by atoms with Gasteiger partial charge in [-0.15, -0.1) is 0 Å². The van der Waals surface area contributed by atoms with Gasteiger partial charge in [0, 0.05) is 11.3 Å². The Hall–Kier alpha value is -2.85. The molecule has 1 saturated heterocycles. The van der Waals surface area contributed by atoms with E-state index >= 15 is 0 Å². The zero-order valence-corrected chi connectivity index (χ0v) is 10.5. The number of para-hydroxylation sites is 1. The van der Waals surface area contributed by atoms with Crippen molar-refractivity contribution in [1.29, 1.82) is 15.8 Å². The van der Waals surface area contributed by atoms with E-state index in [2.05, 4.69) is 5.32 Å². The van der Waals surface area contributed by atoms with Gasteiger partial charge in [0.05, 0.1) is 13.2 Å². The van der Waals surface area contributed by atoms with Gasteiger partial charge in [0.25, 0.3) is 0 Å². The van der Waals surface area contributed by atoms with Crippen LogP contribution in [0.1, 0.15) is 11.9 Å². The van der Waals surface area contributed by atoms with Crippen LogP contribution in [0.15, 0.2) is 35.5 Å². The number of hydrogen-bond donors (Lipinski definition) is 1. The molecule has 6 nitrogen and oxygen atoms in total. The highest BCUT2D eigenvalue weighted by Crippen LogP contribution is 2.30. The predicted octanol–water partition coefficient (Wildman–Crippen LogP) is 1.97. The zero-order chi connectivity index (χ0) is 14.4. The average molecular weight is 266 g/mol. The monoisotopic (exact) mass is 266 g/mol. The number of hydrogen-bond acceptors (Lipinski definition) is 6. The third-order valence-electron chi connectivity index (χ3n) is 2.68. The van der Waals surface area contributed by atoms with Crippen LogP contribution in [0.3, 0.4) is 0 Å². The second kappa shape index (κ2) is 6.36. The molecule has 0 atom stereocenters. The van der Waals surface area contributed by atoms with Gasteiger partial charge >= 0.3 is 0 Å². The number of allylic oxidation sites excluding steroid dienone is 2. The molecule has 0 spiro atoms. The minimum Gasteiger partial charge on any atom is -0.346 e. The fourth-order valence-corrected chi connectivity index (χ4v) is 1.77. The highest BCUT2D eigenvalue weighted by atomic mass is 16.7. The highest BCUT2D eigenvalue weighted by molar-refractivity contribution is 5.61. The topological polar surface area (TPSA) is 102 Å². The molecule has 0 aliphatic carbocycles. The van der Waals surface area contributed by atoms with E-state index in [-0.39, 0.29) is 11.3 Å². The molecular formula is C14H10N4O2. The molecule has 0 amide bonds. The second-order valence-electron chi connectivity index (χ2n) is 3.87. The molecule has 98 valence electrons. The first-order valence-electron chi connectivity index (χ1n) is 5.84. The van der Waals surface area contributed by atoms with Crippen LogP contribution in [0.25, 0.3) is 0 Å². The number of ether oxygens (including phenoxy) is 2. The molecule has 2 rings (SSSR count). The first kappa shape index (κ1) is 13.6. The molecular weight excluding hydrogens is 256 g/mol. The minimum absolute atomic E-state index is 0.0968. The van der Waals surface area contributed by atoms with Gasteiger partial charge in [0.2, 0.25) is 0 Å². The van der Waals surface area contributed by atoms with Gasteiger partial charge < -0.3 is 14.8 Å². The molecule has 1 fully saturated rings. The fourth-order valence-electron chi connectivity index (χ4n) is 1.77. The summed E-state index contributed by atoms with van der Waals surface area (Å²) >= 11 is 0. The van der Waals surface area contributed by atoms with E-state index in [1.807, 2.05) is 12.1 Å². The number of nitrogens with zero attached hydrogens (tertiary/aromatic N) is 3. The molecule has 1 aliphatic heterocycles. The van der Waals surface area contributed by atoms with Gasteiger partial charge in [-0.3, -0.25) is 0 Å². The third-order valence-corrected chi connectivity index (χ3v) is 2.68. The van der Waals surface area contributed by atoms with E-state index in [9.17, 15) is 0 Å². The van der Waals surface area contributed by atoms with Gasteiger partial charge in [-0.2, -0.15) is 15.8 Å². The molecule has 0 saturated carbocycles. The van der Waals surface area contributed by atoms with Crippen molar-refractivity contribution in [2.45, 2.75) is 6.29 Å². The van der Waals surface area contributed by atoms with E-state index in [0.29, 0.717) is 24.5 Å². The second-order valence-corrected chi connectivity index (χ2v) is 3.87. The lowest BCUT2D eigenvalue weighted by molar-refractivity contribution is -0.0435. The Kier molecular flexibility index (Phi) is 4.32. The number of benzene rings is 1. The summed E-state index contributed by atoms with van der Waals surface area (Å²) in [5.74, 6) is 0. The normalized spacial score (nSPS) is 13.8. The third kappa shape index (κ3) is 2.76. The van der Waals surface area contributed by atoms with Crippen molar-refractivity contribution < 1.29 is 9.47 Å². The van der Waals surface area contributed by atoms with Gasteiger partial charge in [0.1, 0.15) is 23.9 Å². The van der Waals surface area contributed by atoms with Crippen molar-refractivity contribution in [2.24, 2.45) is 0 Å². The maximum atomic E-state index is 9.04. The standard InChI is InChI=1S/C14H10N4O2/c15-7-10(8-16)13(9-17)18-12-4-2-1-3-11(12)14-19-5-6-20-14/h1-4,14,18H,5-6H2. The Labute approximate surface area is 116 Å². The molecule has 0 bridgehead atoms. The van der Waals surface area contributed by atoms with E-state index < -0.39 is 6.29 Å². The average Bonchev–Trinajstić information content (AvgIpc) is 3.02. The summed E-state index contributed by atoms with van der Waals surface area (Å²) in [7, 11) is 0. The summed E-state index contributed by atoms with van der Waals surface area (Å²) in [4.78, 5) is 0. The molecule has 0 aromatic heterocycles. The van der Waals surface area contributed by atoms with Crippen molar-refractivity contribution in [1.82, 2.24) is 0 Å². The predicted molar refractivity (Wildman–Crippen MR) is 68.6 cm³/mol. The van der Waals surface area contributed by atoms with Gasteiger partial charge in [0.15, 0.2) is 11.9 Å². The summed E-state index contributed by atoms with van der Waals surface area (Å²) in [6.45, 7) is 1.00. The smallest absolute Gasteiger partial charge is 0.186 e. The lowest BCUT2D eigenvalue weighted by Crippen LogP contribution is -2.07. The van der Waals surface area contributed by atoms with Crippen molar-refractivity contribution in [3.05, 3.63) is 41.1 Å². The van der Waals surface area contributed by atoms with Crippen LogP contribution in [0.2, 0.25) is 0 Å².